The molecule has 0 saturated carbocycles. The van der Waals surface area contributed by atoms with E-state index in [9.17, 15) is 0 Å². The topological polar surface area (TPSA) is 15.3 Å². The molecular weight excluding hydrogens is 240 g/mol. The van der Waals surface area contributed by atoms with E-state index in [1.807, 2.05) is 0 Å². The summed E-state index contributed by atoms with van der Waals surface area (Å²) in [5.41, 5.74) is 1.36. The third-order valence-electron chi connectivity index (χ3n) is 3.72. The molecule has 1 aromatic carbocycles. The van der Waals surface area contributed by atoms with E-state index in [4.69, 9.17) is 0 Å². The number of anilines is 1. The molecule has 1 heterocycles. The van der Waals surface area contributed by atoms with Crippen molar-refractivity contribution in [2.45, 2.75) is 37.8 Å². The largest absolute Gasteiger partial charge is 0.365 e. The molecule has 0 spiro atoms. The number of benzene rings is 1. The van der Waals surface area contributed by atoms with Crippen LogP contribution in [0.25, 0.3) is 0 Å². The second-order valence-corrected chi connectivity index (χ2v) is 6.35. The fourth-order valence-electron chi connectivity index (χ4n) is 2.59. The van der Waals surface area contributed by atoms with Crippen molar-refractivity contribution in [3.8, 4) is 0 Å². The molecule has 3 heteroatoms. The van der Waals surface area contributed by atoms with Gasteiger partial charge in [0.05, 0.1) is 0 Å². The van der Waals surface area contributed by atoms with E-state index in [-0.39, 0.29) is 0 Å². The summed E-state index contributed by atoms with van der Waals surface area (Å²) in [7, 11) is 0. The van der Waals surface area contributed by atoms with Crippen LogP contribution < -0.4 is 10.2 Å². The van der Waals surface area contributed by atoms with E-state index in [1.165, 1.54) is 10.6 Å². The van der Waals surface area contributed by atoms with Gasteiger partial charge in [0.15, 0.2) is 0 Å². The molecule has 18 heavy (non-hydrogen) atoms. The molecule has 2 atom stereocenters. The highest BCUT2D eigenvalue weighted by Crippen LogP contribution is 2.26. The van der Waals surface area contributed by atoms with Crippen LogP contribution in [-0.4, -0.2) is 31.4 Å². The van der Waals surface area contributed by atoms with Crippen LogP contribution in [0, 0.1) is 5.92 Å². The van der Waals surface area contributed by atoms with E-state index >= 15 is 0 Å². The third kappa shape index (κ3) is 3.01. The average molecular weight is 264 g/mol. The summed E-state index contributed by atoms with van der Waals surface area (Å²) >= 11 is 1.80. The molecule has 1 fully saturated rings. The van der Waals surface area contributed by atoms with Crippen LogP contribution in [0.5, 0.6) is 0 Å². The zero-order chi connectivity index (χ0) is 13.1. The Morgan fingerprint density at radius 3 is 2.50 bits per heavy atom. The van der Waals surface area contributed by atoms with Gasteiger partial charge in [-0.25, -0.2) is 0 Å². The van der Waals surface area contributed by atoms with Gasteiger partial charge in [-0.05, 0) is 43.4 Å². The normalized spacial score (nSPS) is 24.6. The van der Waals surface area contributed by atoms with Crippen LogP contribution in [0.2, 0.25) is 0 Å². The Balaban J connectivity index is 2.20. The summed E-state index contributed by atoms with van der Waals surface area (Å²) in [5.74, 6) is 0.672. The fourth-order valence-corrected chi connectivity index (χ4v) is 3.00. The maximum absolute atomic E-state index is 3.59. The summed E-state index contributed by atoms with van der Waals surface area (Å²) < 4.78 is 0. The molecule has 2 rings (SSSR count). The number of piperazine rings is 1. The van der Waals surface area contributed by atoms with Crippen molar-refractivity contribution in [2.24, 2.45) is 5.92 Å². The second-order valence-electron chi connectivity index (χ2n) is 5.47. The number of rotatable bonds is 3. The van der Waals surface area contributed by atoms with Gasteiger partial charge >= 0.3 is 0 Å². The van der Waals surface area contributed by atoms with Crippen LogP contribution in [0.1, 0.15) is 20.8 Å². The van der Waals surface area contributed by atoms with Gasteiger partial charge in [-0.2, -0.15) is 0 Å². The summed E-state index contributed by atoms with van der Waals surface area (Å²) in [6.07, 6.45) is 2.12. The maximum Gasteiger partial charge on any atom is 0.0438 e. The number of nitrogens with zero attached hydrogens (tertiary/aromatic N) is 1. The highest BCUT2D eigenvalue weighted by molar-refractivity contribution is 7.98. The first kappa shape index (κ1) is 13.8. The zero-order valence-corrected chi connectivity index (χ0v) is 12.6. The lowest BCUT2D eigenvalue weighted by molar-refractivity contribution is 0.349. The van der Waals surface area contributed by atoms with Crippen molar-refractivity contribution in [2.75, 3.05) is 24.2 Å². The van der Waals surface area contributed by atoms with Crippen molar-refractivity contribution in [3.63, 3.8) is 0 Å². The van der Waals surface area contributed by atoms with E-state index in [0.29, 0.717) is 18.0 Å². The predicted octanol–water partition coefficient (Wildman–Crippen LogP) is 3.23. The Hall–Kier alpha value is -0.670. The molecule has 2 nitrogen and oxygen atoms in total. The zero-order valence-electron chi connectivity index (χ0n) is 11.8. The van der Waals surface area contributed by atoms with Gasteiger partial charge in [-0.3, -0.25) is 0 Å². The minimum Gasteiger partial charge on any atom is -0.365 e. The molecule has 0 aliphatic carbocycles. The quantitative estimate of drug-likeness (QED) is 0.844. The summed E-state index contributed by atoms with van der Waals surface area (Å²) in [4.78, 5) is 3.90. The van der Waals surface area contributed by atoms with Gasteiger partial charge < -0.3 is 10.2 Å². The first-order valence-electron chi connectivity index (χ1n) is 6.76. The lowest BCUT2D eigenvalue weighted by atomic mass is 9.98. The van der Waals surface area contributed by atoms with E-state index in [1.54, 1.807) is 11.8 Å². The van der Waals surface area contributed by atoms with Gasteiger partial charge in [0.2, 0.25) is 0 Å². The highest BCUT2D eigenvalue weighted by Gasteiger charge is 2.27. The second kappa shape index (κ2) is 5.98. The molecule has 0 amide bonds. The summed E-state index contributed by atoms with van der Waals surface area (Å²) in [5, 5.41) is 3.59. The molecule has 1 aliphatic rings. The number of hydrogen-bond donors (Lipinski definition) is 1. The standard InChI is InChI=1S/C15H24N2S/c1-11(2)15-9-16-12(3)10-17(15)13-5-7-14(18-4)8-6-13/h5-8,11-12,15-16H,9-10H2,1-4H3. The third-order valence-corrected chi connectivity index (χ3v) is 4.46. The van der Waals surface area contributed by atoms with E-state index < -0.39 is 0 Å². The number of nitrogens with one attached hydrogen (secondary N) is 1. The summed E-state index contributed by atoms with van der Waals surface area (Å²) in [6.45, 7) is 9.07. The Morgan fingerprint density at radius 2 is 1.94 bits per heavy atom. The van der Waals surface area contributed by atoms with Crippen molar-refractivity contribution in [1.82, 2.24) is 5.32 Å². The fraction of sp³-hybridized carbons (Fsp3) is 0.600. The average Bonchev–Trinajstić information content (AvgIpc) is 2.38. The van der Waals surface area contributed by atoms with Crippen LogP contribution in [0.15, 0.2) is 29.2 Å². The van der Waals surface area contributed by atoms with Gasteiger partial charge in [0, 0.05) is 35.8 Å². The lowest BCUT2D eigenvalue weighted by Crippen LogP contribution is -2.57. The summed E-state index contributed by atoms with van der Waals surface area (Å²) in [6, 6.07) is 10.1. The highest BCUT2D eigenvalue weighted by atomic mass is 32.2. The maximum atomic E-state index is 3.59. The Labute approximate surface area is 115 Å². The molecule has 0 bridgehead atoms. The Bertz CT molecular complexity index is 375. The first-order chi connectivity index (χ1) is 8.61. The monoisotopic (exact) mass is 264 g/mol. The van der Waals surface area contributed by atoms with Gasteiger partial charge in [-0.15, -0.1) is 11.8 Å². The molecule has 1 aromatic rings. The minimum atomic E-state index is 0.570. The molecular formula is C15H24N2S. The van der Waals surface area contributed by atoms with Gasteiger partial charge in [-0.1, -0.05) is 13.8 Å². The van der Waals surface area contributed by atoms with Crippen LogP contribution in [-0.2, 0) is 0 Å². The molecule has 1 saturated heterocycles. The molecule has 2 unspecified atom stereocenters. The van der Waals surface area contributed by atoms with E-state index in [0.717, 1.165) is 13.1 Å². The minimum absolute atomic E-state index is 0.570. The SMILES string of the molecule is CSc1ccc(N2CC(C)NCC2C(C)C)cc1. The van der Waals surface area contributed by atoms with Gasteiger partial charge in [0.1, 0.15) is 0 Å². The smallest absolute Gasteiger partial charge is 0.0438 e. The van der Waals surface area contributed by atoms with Crippen LogP contribution in [0.3, 0.4) is 0 Å². The molecule has 100 valence electrons. The molecule has 0 aromatic heterocycles. The number of thioether (sulfide) groups is 1. The molecule has 1 aliphatic heterocycles. The van der Waals surface area contributed by atoms with Crippen molar-refractivity contribution in [3.05, 3.63) is 24.3 Å². The Morgan fingerprint density at radius 1 is 1.28 bits per heavy atom. The van der Waals surface area contributed by atoms with Crippen molar-refractivity contribution >= 4 is 17.4 Å². The first-order valence-corrected chi connectivity index (χ1v) is 7.98. The molecule has 0 radical (unpaired) electrons. The Kier molecular flexibility index (Phi) is 4.57. The van der Waals surface area contributed by atoms with Crippen molar-refractivity contribution < 1.29 is 0 Å². The van der Waals surface area contributed by atoms with E-state index in [2.05, 4.69) is 61.5 Å². The van der Waals surface area contributed by atoms with Crippen LogP contribution >= 0.6 is 11.8 Å². The number of hydrogen-bond acceptors (Lipinski definition) is 3. The van der Waals surface area contributed by atoms with Crippen molar-refractivity contribution in [1.29, 1.82) is 0 Å². The molecule has 1 N–H and O–H groups in total. The lowest BCUT2D eigenvalue weighted by Gasteiger charge is -2.43. The van der Waals surface area contributed by atoms with Crippen LogP contribution in [0.4, 0.5) is 5.69 Å². The predicted molar refractivity (Wildman–Crippen MR) is 81.7 cm³/mol. The van der Waals surface area contributed by atoms with Gasteiger partial charge in [0.25, 0.3) is 0 Å².